The van der Waals surface area contributed by atoms with Crippen LogP contribution in [0.2, 0.25) is 0 Å². The fraction of sp³-hybridized carbons (Fsp3) is 0.241. The van der Waals surface area contributed by atoms with Crippen LogP contribution in [0.4, 0.5) is 5.69 Å². The molecule has 1 unspecified atom stereocenters. The van der Waals surface area contributed by atoms with E-state index < -0.39 is 17.6 Å². The summed E-state index contributed by atoms with van der Waals surface area (Å²) in [5, 5.41) is 18.7. The van der Waals surface area contributed by atoms with Gasteiger partial charge in [-0.25, -0.2) is 0 Å². The quantitative estimate of drug-likeness (QED) is 0.276. The molecule has 38 heavy (non-hydrogen) atoms. The fourth-order valence-corrected chi connectivity index (χ4v) is 5.42. The number of hydrogen-bond acceptors (Lipinski definition) is 8. The molecular weight excluding hydrogens is 498 g/mol. The highest BCUT2D eigenvalue weighted by Gasteiger charge is 2.39. The lowest BCUT2D eigenvalue weighted by Crippen LogP contribution is -2.42. The van der Waals surface area contributed by atoms with Crippen molar-refractivity contribution in [2.45, 2.75) is 23.7 Å². The average Bonchev–Trinajstić information content (AvgIpc) is 3.43. The number of allylic oxidation sites excluding steroid dienone is 1. The Morgan fingerprint density at radius 2 is 1.84 bits per heavy atom. The van der Waals surface area contributed by atoms with E-state index in [0.29, 0.717) is 54.2 Å². The third-order valence-corrected chi connectivity index (χ3v) is 7.65. The smallest absolute Gasteiger partial charge is 0.290 e. The Hall–Kier alpha value is -4.13. The molecule has 2 aliphatic heterocycles. The number of nitrogens with zero attached hydrogens (tertiary/aromatic N) is 3. The number of ether oxygens (including phenoxy) is 1. The number of nitrogens with one attached hydrogen (secondary N) is 1. The van der Waals surface area contributed by atoms with Gasteiger partial charge < -0.3 is 15.0 Å². The number of rotatable bonds is 6. The Balaban J connectivity index is 1.36. The van der Waals surface area contributed by atoms with E-state index in [1.807, 2.05) is 54.6 Å². The van der Waals surface area contributed by atoms with Gasteiger partial charge in [0.05, 0.1) is 42.2 Å². The zero-order valence-electron chi connectivity index (χ0n) is 20.9. The zero-order valence-corrected chi connectivity index (χ0v) is 21.8. The number of benzene rings is 2. The summed E-state index contributed by atoms with van der Waals surface area (Å²) in [5.41, 5.74) is 5.46. The van der Waals surface area contributed by atoms with Crippen LogP contribution in [0.3, 0.4) is 0 Å². The maximum Gasteiger partial charge on any atom is 0.290 e. The van der Waals surface area contributed by atoms with Gasteiger partial charge in [0.1, 0.15) is 5.75 Å². The van der Waals surface area contributed by atoms with Gasteiger partial charge >= 0.3 is 0 Å². The van der Waals surface area contributed by atoms with Crippen LogP contribution < -0.4 is 15.2 Å². The summed E-state index contributed by atoms with van der Waals surface area (Å²) >= 11 is 1.17. The van der Waals surface area contributed by atoms with Gasteiger partial charge in [0.25, 0.3) is 5.91 Å². The third kappa shape index (κ3) is 4.76. The molecular formula is C29H27N5O3S. The number of amides is 1. The summed E-state index contributed by atoms with van der Waals surface area (Å²) in [6.45, 7) is 1.08. The van der Waals surface area contributed by atoms with Gasteiger partial charge in [-0.15, -0.1) is 0 Å². The van der Waals surface area contributed by atoms with Gasteiger partial charge in [-0.2, -0.15) is 5.26 Å². The standard InChI is InChI=1S/C29H27N5O3S/c1-37-24-17-33-26(20-7-9-21(38-31)10-8-20)27-25(24)23(16-32-27)28(35)29(36)34-13-11-19(12-14-34)22(15-30)18-5-3-2-4-6-18/h2-10,17,23,32H,11-14,16,31H2,1H3. The highest BCUT2D eigenvalue weighted by molar-refractivity contribution is 7.97. The number of Topliss-reactive ketones (excluding diaryl/α,β-unsaturated/α-hetero) is 1. The Morgan fingerprint density at radius 3 is 2.47 bits per heavy atom. The molecule has 0 spiro atoms. The summed E-state index contributed by atoms with van der Waals surface area (Å²) in [4.78, 5) is 33.9. The Labute approximate surface area is 225 Å². The molecule has 0 radical (unpaired) electrons. The highest BCUT2D eigenvalue weighted by atomic mass is 32.2. The average molecular weight is 526 g/mol. The highest BCUT2D eigenvalue weighted by Crippen LogP contribution is 2.44. The minimum absolute atomic E-state index is 0.289. The number of aromatic nitrogens is 1. The van der Waals surface area contributed by atoms with Crippen LogP contribution in [-0.4, -0.2) is 48.3 Å². The van der Waals surface area contributed by atoms with Crippen molar-refractivity contribution in [2.24, 2.45) is 5.14 Å². The normalized spacial score (nSPS) is 16.3. The van der Waals surface area contributed by atoms with Crippen molar-refractivity contribution in [3.63, 3.8) is 0 Å². The number of methoxy groups -OCH3 is 1. The predicted octanol–water partition coefficient (Wildman–Crippen LogP) is 4.40. The molecule has 0 saturated carbocycles. The number of nitriles is 1. The van der Waals surface area contributed by atoms with E-state index in [4.69, 9.17) is 9.88 Å². The van der Waals surface area contributed by atoms with Gasteiger partial charge in [0, 0.05) is 35.7 Å². The third-order valence-electron chi connectivity index (χ3n) is 7.11. The van der Waals surface area contributed by atoms with Gasteiger partial charge in [-0.3, -0.25) is 19.7 Å². The van der Waals surface area contributed by atoms with Crippen molar-refractivity contribution in [3.8, 4) is 23.1 Å². The Bertz CT molecular complexity index is 1440. The summed E-state index contributed by atoms with van der Waals surface area (Å²) in [7, 11) is 1.53. The van der Waals surface area contributed by atoms with Crippen LogP contribution in [0.5, 0.6) is 5.75 Å². The number of fused-ring (bicyclic) bond motifs is 1. The first-order valence-electron chi connectivity index (χ1n) is 12.3. The zero-order chi connectivity index (χ0) is 26.6. The molecule has 3 aromatic rings. The number of carbonyl (C=O) groups is 2. The van der Waals surface area contributed by atoms with Crippen LogP contribution in [-0.2, 0) is 9.59 Å². The number of carbonyl (C=O) groups excluding carboxylic acids is 2. The minimum atomic E-state index is -0.677. The minimum Gasteiger partial charge on any atom is -0.495 e. The van der Waals surface area contributed by atoms with E-state index >= 15 is 0 Å². The SMILES string of the molecule is COc1cnc(-c2ccc(SN)cc2)c2c1C(C(=O)C(=O)N1CCC(=C(C#N)c3ccccc3)CC1)CN2. The van der Waals surface area contributed by atoms with Gasteiger partial charge in [-0.1, -0.05) is 42.5 Å². The predicted molar refractivity (Wildman–Crippen MR) is 147 cm³/mol. The molecule has 1 fully saturated rings. The largest absolute Gasteiger partial charge is 0.495 e. The summed E-state index contributed by atoms with van der Waals surface area (Å²) in [5.74, 6) is -1.19. The first-order valence-corrected chi connectivity index (χ1v) is 13.2. The van der Waals surface area contributed by atoms with Gasteiger partial charge in [0.2, 0.25) is 5.78 Å². The molecule has 1 saturated heterocycles. The topological polar surface area (TPSA) is 121 Å². The summed E-state index contributed by atoms with van der Waals surface area (Å²) in [6, 6.07) is 19.6. The first kappa shape index (κ1) is 25.5. The number of ketones is 1. The second-order valence-electron chi connectivity index (χ2n) is 9.15. The van der Waals surface area contributed by atoms with E-state index in [9.17, 15) is 14.9 Å². The molecule has 3 N–H and O–H groups in total. The lowest BCUT2D eigenvalue weighted by atomic mass is 9.92. The van der Waals surface area contributed by atoms with Crippen LogP contribution >= 0.6 is 11.9 Å². The second kappa shape index (κ2) is 11.1. The maximum atomic E-state index is 13.5. The molecule has 3 heterocycles. The monoisotopic (exact) mass is 525 g/mol. The molecule has 2 aliphatic rings. The first-order chi connectivity index (χ1) is 18.5. The van der Waals surface area contributed by atoms with Gasteiger partial charge in [0.15, 0.2) is 0 Å². The summed E-state index contributed by atoms with van der Waals surface area (Å²) < 4.78 is 5.55. The van der Waals surface area contributed by atoms with Crippen LogP contribution in [0.1, 0.15) is 29.9 Å². The van der Waals surface area contributed by atoms with Crippen molar-refractivity contribution >= 4 is 34.9 Å². The number of hydrogen-bond donors (Lipinski definition) is 2. The number of likely N-dealkylation sites (tertiary alicyclic amines) is 1. The molecule has 192 valence electrons. The van der Waals surface area contributed by atoms with Gasteiger partial charge in [-0.05, 0) is 48.1 Å². The van der Waals surface area contributed by atoms with E-state index in [-0.39, 0.29) is 6.54 Å². The molecule has 2 aromatic carbocycles. The van der Waals surface area contributed by atoms with Crippen molar-refractivity contribution in [1.82, 2.24) is 9.88 Å². The van der Waals surface area contributed by atoms with Crippen molar-refractivity contribution in [1.29, 1.82) is 5.26 Å². The second-order valence-corrected chi connectivity index (χ2v) is 9.86. The Morgan fingerprint density at radius 1 is 1.13 bits per heavy atom. The molecule has 1 aromatic heterocycles. The van der Waals surface area contributed by atoms with Crippen molar-refractivity contribution < 1.29 is 14.3 Å². The van der Waals surface area contributed by atoms with Crippen LogP contribution in [0, 0.1) is 11.3 Å². The fourth-order valence-electron chi connectivity index (χ4n) is 5.12. The van der Waals surface area contributed by atoms with Crippen molar-refractivity contribution in [3.05, 3.63) is 77.5 Å². The van der Waals surface area contributed by atoms with Crippen LogP contribution in [0.25, 0.3) is 16.8 Å². The molecule has 0 bridgehead atoms. The summed E-state index contributed by atoms with van der Waals surface area (Å²) in [6.07, 6.45) is 2.72. The molecule has 1 amide bonds. The van der Waals surface area contributed by atoms with E-state index in [0.717, 1.165) is 21.6 Å². The number of piperidine rings is 1. The lowest BCUT2D eigenvalue weighted by Gasteiger charge is -2.29. The maximum absolute atomic E-state index is 13.5. The molecule has 9 heteroatoms. The van der Waals surface area contributed by atoms with Crippen LogP contribution in [0.15, 0.2) is 71.3 Å². The molecule has 1 atom stereocenters. The molecule has 5 rings (SSSR count). The number of anilines is 1. The van der Waals surface area contributed by atoms with E-state index in [2.05, 4.69) is 16.4 Å². The lowest BCUT2D eigenvalue weighted by molar-refractivity contribution is -0.145. The van der Waals surface area contributed by atoms with E-state index in [1.165, 1.54) is 19.1 Å². The number of nitrogens with two attached hydrogens (primary N) is 1. The molecule has 0 aliphatic carbocycles. The number of pyridine rings is 1. The Kier molecular flexibility index (Phi) is 7.45. The van der Waals surface area contributed by atoms with E-state index in [1.54, 1.807) is 11.1 Å². The van der Waals surface area contributed by atoms with Crippen molar-refractivity contribution in [2.75, 3.05) is 32.1 Å². The molecule has 8 nitrogen and oxygen atoms in total.